The summed E-state index contributed by atoms with van der Waals surface area (Å²) in [5.41, 5.74) is 7.48. The molecule has 0 bridgehead atoms. The fraction of sp³-hybridized carbons (Fsp3) is 0.273. The maximum atomic E-state index is 11.2. The summed E-state index contributed by atoms with van der Waals surface area (Å²) in [6.45, 7) is 2.11. The van der Waals surface area contributed by atoms with Gasteiger partial charge >= 0.3 is 5.97 Å². The molecule has 0 aliphatic rings. The second kappa shape index (κ2) is 4.22. The van der Waals surface area contributed by atoms with Gasteiger partial charge in [0.2, 0.25) is 5.89 Å². The zero-order valence-electron chi connectivity index (χ0n) is 8.90. The third-order valence-electron chi connectivity index (χ3n) is 2.06. The Hall–Kier alpha value is -2.04. The zero-order chi connectivity index (χ0) is 11.5. The van der Waals surface area contributed by atoms with Gasteiger partial charge < -0.3 is 14.9 Å². The lowest BCUT2D eigenvalue weighted by atomic mass is 10.3. The van der Waals surface area contributed by atoms with Gasteiger partial charge in [0.25, 0.3) is 0 Å². The number of aromatic nitrogens is 1. The molecule has 5 nitrogen and oxygen atoms in total. The average Bonchev–Trinajstić information content (AvgIpc) is 2.59. The summed E-state index contributed by atoms with van der Waals surface area (Å²) in [5, 5.41) is 0. The van der Waals surface area contributed by atoms with Crippen molar-refractivity contribution in [2.45, 2.75) is 13.3 Å². The molecule has 1 heterocycles. The molecule has 0 atom stereocenters. The van der Waals surface area contributed by atoms with E-state index >= 15 is 0 Å². The molecule has 2 rings (SSSR count). The standard InChI is InChI=1S/C11H12N2O3/c1-2-15-11(14)6-10-13-8-4-3-7(12)5-9(8)16-10/h3-5H,2,6,12H2,1H3. The predicted octanol–water partition coefficient (Wildman–Crippen LogP) is 1.52. The maximum Gasteiger partial charge on any atom is 0.315 e. The highest BCUT2D eigenvalue weighted by molar-refractivity contribution is 5.78. The minimum atomic E-state index is -0.345. The van der Waals surface area contributed by atoms with E-state index in [1.807, 2.05) is 0 Å². The van der Waals surface area contributed by atoms with E-state index in [1.54, 1.807) is 25.1 Å². The summed E-state index contributed by atoms with van der Waals surface area (Å²) in [6, 6.07) is 5.17. The zero-order valence-corrected chi connectivity index (χ0v) is 8.90. The minimum absolute atomic E-state index is 0.0441. The van der Waals surface area contributed by atoms with Crippen molar-refractivity contribution in [3.63, 3.8) is 0 Å². The number of oxazole rings is 1. The van der Waals surface area contributed by atoms with Crippen LogP contribution in [0.2, 0.25) is 0 Å². The van der Waals surface area contributed by atoms with Crippen LogP contribution in [0.1, 0.15) is 12.8 Å². The lowest BCUT2D eigenvalue weighted by Crippen LogP contribution is -2.07. The molecule has 0 fully saturated rings. The fourth-order valence-corrected chi connectivity index (χ4v) is 1.40. The van der Waals surface area contributed by atoms with E-state index in [0.29, 0.717) is 29.3 Å². The summed E-state index contributed by atoms with van der Waals surface area (Å²) in [7, 11) is 0. The summed E-state index contributed by atoms with van der Waals surface area (Å²) < 4.78 is 10.2. The Labute approximate surface area is 92.2 Å². The van der Waals surface area contributed by atoms with Crippen LogP contribution in [0.3, 0.4) is 0 Å². The van der Waals surface area contributed by atoms with Crippen LogP contribution in [0, 0.1) is 0 Å². The van der Waals surface area contributed by atoms with E-state index in [-0.39, 0.29) is 12.4 Å². The summed E-state index contributed by atoms with van der Waals surface area (Å²) in [5.74, 6) is 0.000998. The first-order valence-corrected chi connectivity index (χ1v) is 4.99. The molecule has 0 amide bonds. The summed E-state index contributed by atoms with van der Waals surface area (Å²) in [4.78, 5) is 15.4. The number of ether oxygens (including phenoxy) is 1. The maximum absolute atomic E-state index is 11.2. The van der Waals surface area contributed by atoms with E-state index in [4.69, 9.17) is 14.9 Å². The number of hydrogen-bond donors (Lipinski definition) is 1. The van der Waals surface area contributed by atoms with Crippen molar-refractivity contribution in [1.29, 1.82) is 0 Å². The first-order valence-electron chi connectivity index (χ1n) is 4.99. The Morgan fingerprint density at radius 2 is 2.38 bits per heavy atom. The molecule has 0 spiro atoms. The number of nitrogens with zero attached hydrogens (tertiary/aromatic N) is 1. The van der Waals surface area contributed by atoms with Crippen molar-refractivity contribution in [2.75, 3.05) is 12.3 Å². The van der Waals surface area contributed by atoms with E-state index in [9.17, 15) is 4.79 Å². The third-order valence-corrected chi connectivity index (χ3v) is 2.06. The number of carbonyl (C=O) groups excluding carboxylic acids is 1. The van der Waals surface area contributed by atoms with Crippen LogP contribution in [0.4, 0.5) is 5.69 Å². The van der Waals surface area contributed by atoms with Crippen molar-refractivity contribution >= 4 is 22.8 Å². The molecule has 0 aliphatic carbocycles. The molecule has 0 saturated heterocycles. The third kappa shape index (κ3) is 2.13. The van der Waals surface area contributed by atoms with Crippen LogP contribution in [0.15, 0.2) is 22.6 Å². The van der Waals surface area contributed by atoms with Gasteiger partial charge in [0.05, 0.1) is 6.61 Å². The number of benzene rings is 1. The monoisotopic (exact) mass is 220 g/mol. The number of rotatable bonds is 3. The molecule has 0 radical (unpaired) electrons. The molecule has 1 aromatic heterocycles. The Balaban J connectivity index is 2.23. The van der Waals surface area contributed by atoms with Crippen molar-refractivity contribution in [2.24, 2.45) is 0 Å². The normalized spacial score (nSPS) is 10.6. The Bertz CT molecular complexity index is 519. The van der Waals surface area contributed by atoms with E-state index in [0.717, 1.165) is 0 Å². The van der Waals surface area contributed by atoms with Crippen LogP contribution in [0.5, 0.6) is 0 Å². The largest absolute Gasteiger partial charge is 0.466 e. The number of esters is 1. The first kappa shape index (κ1) is 10.5. The number of nitrogens with two attached hydrogens (primary N) is 1. The molecule has 0 saturated carbocycles. The summed E-state index contributed by atoms with van der Waals surface area (Å²) >= 11 is 0. The van der Waals surface area contributed by atoms with Crippen LogP contribution in [-0.4, -0.2) is 17.6 Å². The molecular formula is C11H12N2O3. The number of hydrogen-bond acceptors (Lipinski definition) is 5. The van der Waals surface area contributed by atoms with Crippen LogP contribution >= 0.6 is 0 Å². The number of anilines is 1. The second-order valence-electron chi connectivity index (χ2n) is 3.32. The van der Waals surface area contributed by atoms with E-state index < -0.39 is 0 Å². The lowest BCUT2D eigenvalue weighted by Gasteiger charge is -1.96. The van der Waals surface area contributed by atoms with Crippen molar-refractivity contribution in [3.8, 4) is 0 Å². The molecule has 0 aliphatic heterocycles. The summed E-state index contributed by atoms with van der Waals surface area (Å²) in [6.07, 6.45) is 0.0441. The Morgan fingerprint density at radius 1 is 1.56 bits per heavy atom. The number of carbonyl (C=O) groups is 1. The van der Waals surface area contributed by atoms with Gasteiger partial charge in [-0.05, 0) is 19.1 Å². The van der Waals surface area contributed by atoms with Gasteiger partial charge in [-0.3, -0.25) is 4.79 Å². The van der Waals surface area contributed by atoms with Gasteiger partial charge in [-0.25, -0.2) is 4.98 Å². The smallest absolute Gasteiger partial charge is 0.315 e. The highest BCUT2D eigenvalue weighted by Crippen LogP contribution is 2.18. The minimum Gasteiger partial charge on any atom is -0.466 e. The second-order valence-corrected chi connectivity index (χ2v) is 3.32. The van der Waals surface area contributed by atoms with Crippen molar-refractivity contribution < 1.29 is 13.9 Å². The topological polar surface area (TPSA) is 78.3 Å². The van der Waals surface area contributed by atoms with Crippen molar-refractivity contribution in [1.82, 2.24) is 4.98 Å². The van der Waals surface area contributed by atoms with Crippen LogP contribution in [0.25, 0.3) is 11.1 Å². The van der Waals surface area contributed by atoms with Crippen molar-refractivity contribution in [3.05, 3.63) is 24.1 Å². The Kier molecular flexibility index (Phi) is 2.76. The van der Waals surface area contributed by atoms with Gasteiger partial charge in [0.1, 0.15) is 11.9 Å². The highest BCUT2D eigenvalue weighted by Gasteiger charge is 2.11. The van der Waals surface area contributed by atoms with Gasteiger partial charge in [-0.1, -0.05) is 0 Å². The molecular weight excluding hydrogens is 208 g/mol. The molecule has 84 valence electrons. The number of fused-ring (bicyclic) bond motifs is 1. The molecule has 5 heteroatoms. The van der Waals surface area contributed by atoms with Crippen LogP contribution < -0.4 is 5.73 Å². The van der Waals surface area contributed by atoms with E-state index in [1.165, 1.54) is 0 Å². The SMILES string of the molecule is CCOC(=O)Cc1nc2ccc(N)cc2o1. The molecule has 16 heavy (non-hydrogen) atoms. The van der Waals surface area contributed by atoms with Gasteiger partial charge in [-0.15, -0.1) is 0 Å². The fourth-order valence-electron chi connectivity index (χ4n) is 1.40. The first-order chi connectivity index (χ1) is 7.69. The van der Waals surface area contributed by atoms with Gasteiger partial charge in [-0.2, -0.15) is 0 Å². The molecule has 2 aromatic rings. The highest BCUT2D eigenvalue weighted by atomic mass is 16.5. The molecule has 0 unspecified atom stereocenters. The quantitative estimate of drug-likeness (QED) is 0.626. The Morgan fingerprint density at radius 3 is 3.12 bits per heavy atom. The van der Waals surface area contributed by atoms with E-state index in [2.05, 4.69) is 4.98 Å². The number of nitrogen functional groups attached to an aromatic ring is 1. The lowest BCUT2D eigenvalue weighted by molar-refractivity contribution is -0.142. The van der Waals surface area contributed by atoms with Gasteiger partial charge in [0, 0.05) is 11.8 Å². The molecule has 1 aromatic carbocycles. The van der Waals surface area contributed by atoms with Gasteiger partial charge in [0.15, 0.2) is 5.58 Å². The predicted molar refractivity (Wildman–Crippen MR) is 58.8 cm³/mol. The van der Waals surface area contributed by atoms with Crippen LogP contribution in [-0.2, 0) is 16.0 Å². The molecule has 2 N–H and O–H groups in total. The average molecular weight is 220 g/mol.